The standard InChI is InChI=1S/C15H18ClN3/c1-4-8-19-13(5-2)18-14(15(19)17)12-7-6-11(16)9-10(12)3/h4,6-7,9H,1,5,8,17H2,2-3H3. The molecule has 0 saturated carbocycles. The zero-order valence-electron chi connectivity index (χ0n) is 11.3. The lowest BCUT2D eigenvalue weighted by Crippen LogP contribution is -2.05. The van der Waals surface area contributed by atoms with E-state index in [2.05, 4.69) is 18.5 Å². The Hall–Kier alpha value is -1.74. The molecule has 4 heteroatoms. The van der Waals surface area contributed by atoms with Gasteiger partial charge in [-0.2, -0.15) is 0 Å². The highest BCUT2D eigenvalue weighted by Crippen LogP contribution is 2.30. The van der Waals surface area contributed by atoms with E-state index in [0.29, 0.717) is 12.4 Å². The lowest BCUT2D eigenvalue weighted by atomic mass is 10.1. The smallest absolute Gasteiger partial charge is 0.132 e. The van der Waals surface area contributed by atoms with Crippen molar-refractivity contribution in [3.8, 4) is 11.3 Å². The molecule has 1 aromatic heterocycles. The number of allylic oxidation sites excluding steroid dienone is 1. The molecule has 2 rings (SSSR count). The van der Waals surface area contributed by atoms with Crippen LogP contribution in [0.25, 0.3) is 11.3 Å². The summed E-state index contributed by atoms with van der Waals surface area (Å²) >= 11 is 5.99. The molecule has 0 amide bonds. The maximum Gasteiger partial charge on any atom is 0.132 e. The van der Waals surface area contributed by atoms with Gasteiger partial charge in [0.15, 0.2) is 0 Å². The van der Waals surface area contributed by atoms with Crippen LogP contribution in [0, 0.1) is 6.92 Å². The molecule has 0 bridgehead atoms. The second-order valence-electron chi connectivity index (χ2n) is 4.47. The van der Waals surface area contributed by atoms with E-state index in [1.165, 1.54) is 0 Å². The normalized spacial score (nSPS) is 10.7. The Morgan fingerprint density at radius 3 is 2.79 bits per heavy atom. The number of nitrogens with two attached hydrogens (primary N) is 1. The van der Waals surface area contributed by atoms with Crippen molar-refractivity contribution in [1.82, 2.24) is 9.55 Å². The number of anilines is 1. The van der Waals surface area contributed by atoms with Crippen LogP contribution < -0.4 is 5.73 Å². The van der Waals surface area contributed by atoms with Gasteiger partial charge in [0.05, 0.1) is 0 Å². The fourth-order valence-electron chi connectivity index (χ4n) is 2.21. The zero-order valence-corrected chi connectivity index (χ0v) is 12.0. The number of rotatable bonds is 4. The molecular weight excluding hydrogens is 258 g/mol. The maximum atomic E-state index is 6.22. The Morgan fingerprint density at radius 2 is 2.21 bits per heavy atom. The number of hydrogen-bond donors (Lipinski definition) is 1. The van der Waals surface area contributed by atoms with Gasteiger partial charge in [-0.15, -0.1) is 6.58 Å². The van der Waals surface area contributed by atoms with Crippen molar-refractivity contribution in [3.63, 3.8) is 0 Å². The summed E-state index contributed by atoms with van der Waals surface area (Å²) in [6, 6.07) is 5.75. The molecule has 0 fully saturated rings. The minimum absolute atomic E-state index is 0.675. The average Bonchev–Trinajstić information content (AvgIpc) is 2.68. The van der Waals surface area contributed by atoms with E-state index in [1.54, 1.807) is 0 Å². The molecule has 0 aliphatic carbocycles. The van der Waals surface area contributed by atoms with Gasteiger partial charge in [-0.25, -0.2) is 4.98 Å². The lowest BCUT2D eigenvalue weighted by molar-refractivity contribution is 0.757. The van der Waals surface area contributed by atoms with Gasteiger partial charge in [0, 0.05) is 23.6 Å². The molecule has 0 saturated heterocycles. The second-order valence-corrected chi connectivity index (χ2v) is 4.91. The fraction of sp³-hybridized carbons (Fsp3) is 0.267. The summed E-state index contributed by atoms with van der Waals surface area (Å²) in [5.74, 6) is 1.66. The Morgan fingerprint density at radius 1 is 1.47 bits per heavy atom. The van der Waals surface area contributed by atoms with Crippen LogP contribution in [-0.2, 0) is 13.0 Å². The van der Waals surface area contributed by atoms with Crippen molar-refractivity contribution in [3.05, 3.63) is 47.3 Å². The van der Waals surface area contributed by atoms with Crippen LogP contribution in [-0.4, -0.2) is 9.55 Å². The monoisotopic (exact) mass is 275 g/mol. The van der Waals surface area contributed by atoms with Crippen molar-refractivity contribution in [1.29, 1.82) is 0 Å². The highest BCUT2D eigenvalue weighted by atomic mass is 35.5. The summed E-state index contributed by atoms with van der Waals surface area (Å²) in [5, 5.41) is 0.723. The number of benzene rings is 1. The SMILES string of the molecule is C=CCn1c(CC)nc(-c2ccc(Cl)cc2C)c1N. The van der Waals surface area contributed by atoms with Gasteiger partial charge in [-0.3, -0.25) is 0 Å². The first-order chi connectivity index (χ1) is 9.08. The van der Waals surface area contributed by atoms with Crippen LogP contribution in [0.4, 0.5) is 5.82 Å². The molecule has 2 aromatic rings. The number of hydrogen-bond acceptors (Lipinski definition) is 2. The number of halogens is 1. The Labute approximate surface area is 118 Å². The van der Waals surface area contributed by atoms with Gasteiger partial charge in [0.25, 0.3) is 0 Å². The van der Waals surface area contributed by atoms with Crippen molar-refractivity contribution in [2.24, 2.45) is 0 Å². The average molecular weight is 276 g/mol. The summed E-state index contributed by atoms with van der Waals surface area (Å²) in [6.45, 7) is 8.52. The Kier molecular flexibility index (Phi) is 3.96. The molecule has 19 heavy (non-hydrogen) atoms. The molecular formula is C15H18ClN3. The van der Waals surface area contributed by atoms with Gasteiger partial charge in [-0.1, -0.05) is 30.7 Å². The first-order valence-corrected chi connectivity index (χ1v) is 6.68. The number of aromatic nitrogens is 2. The van der Waals surface area contributed by atoms with Crippen LogP contribution in [0.15, 0.2) is 30.9 Å². The molecule has 0 aliphatic rings. The Balaban J connectivity index is 2.59. The van der Waals surface area contributed by atoms with Crippen molar-refractivity contribution in [2.75, 3.05) is 5.73 Å². The topological polar surface area (TPSA) is 43.8 Å². The number of nitrogen functional groups attached to an aromatic ring is 1. The molecule has 3 nitrogen and oxygen atoms in total. The second kappa shape index (κ2) is 5.49. The van der Waals surface area contributed by atoms with Crippen molar-refractivity contribution in [2.45, 2.75) is 26.8 Å². The van der Waals surface area contributed by atoms with Crippen LogP contribution in [0.5, 0.6) is 0 Å². The van der Waals surface area contributed by atoms with E-state index >= 15 is 0 Å². The van der Waals surface area contributed by atoms with E-state index in [-0.39, 0.29) is 0 Å². The van der Waals surface area contributed by atoms with Crippen LogP contribution in [0.2, 0.25) is 5.02 Å². The third-order valence-electron chi connectivity index (χ3n) is 3.16. The highest BCUT2D eigenvalue weighted by Gasteiger charge is 2.15. The van der Waals surface area contributed by atoms with Crippen molar-refractivity contribution < 1.29 is 0 Å². The molecule has 100 valence electrons. The van der Waals surface area contributed by atoms with E-state index in [9.17, 15) is 0 Å². The van der Waals surface area contributed by atoms with Crippen molar-refractivity contribution >= 4 is 17.4 Å². The summed E-state index contributed by atoms with van der Waals surface area (Å²) in [4.78, 5) is 4.65. The van der Waals surface area contributed by atoms with E-state index < -0.39 is 0 Å². The summed E-state index contributed by atoms with van der Waals surface area (Å²) in [6.07, 6.45) is 2.67. The predicted molar refractivity (Wildman–Crippen MR) is 81.4 cm³/mol. The highest BCUT2D eigenvalue weighted by molar-refractivity contribution is 6.30. The maximum absolute atomic E-state index is 6.22. The molecule has 1 aromatic carbocycles. The molecule has 0 atom stereocenters. The van der Waals surface area contributed by atoms with Gasteiger partial charge < -0.3 is 10.3 Å². The summed E-state index contributed by atoms with van der Waals surface area (Å²) in [5.41, 5.74) is 9.15. The molecule has 0 unspecified atom stereocenters. The van der Waals surface area contributed by atoms with E-state index in [1.807, 2.05) is 35.8 Å². The third kappa shape index (κ3) is 2.51. The van der Waals surface area contributed by atoms with Crippen LogP contribution in [0.3, 0.4) is 0 Å². The molecule has 0 aliphatic heterocycles. The predicted octanol–water partition coefficient (Wildman–Crippen LogP) is 3.84. The number of imidazole rings is 1. The third-order valence-corrected chi connectivity index (χ3v) is 3.39. The fourth-order valence-corrected chi connectivity index (χ4v) is 2.43. The van der Waals surface area contributed by atoms with Crippen LogP contribution >= 0.6 is 11.6 Å². The number of aryl methyl sites for hydroxylation is 2. The zero-order chi connectivity index (χ0) is 14.0. The van der Waals surface area contributed by atoms with Crippen LogP contribution in [0.1, 0.15) is 18.3 Å². The summed E-state index contributed by atoms with van der Waals surface area (Å²) < 4.78 is 2.00. The summed E-state index contributed by atoms with van der Waals surface area (Å²) in [7, 11) is 0. The Bertz CT molecular complexity index is 614. The first kappa shape index (κ1) is 13.7. The molecule has 2 N–H and O–H groups in total. The minimum atomic E-state index is 0.675. The molecule has 1 heterocycles. The van der Waals surface area contributed by atoms with Gasteiger partial charge in [0.2, 0.25) is 0 Å². The largest absolute Gasteiger partial charge is 0.383 e. The lowest BCUT2D eigenvalue weighted by Gasteiger charge is -2.06. The van der Waals surface area contributed by atoms with Gasteiger partial charge in [0.1, 0.15) is 17.3 Å². The van der Waals surface area contributed by atoms with E-state index in [4.69, 9.17) is 17.3 Å². The number of nitrogens with zero attached hydrogens (tertiary/aromatic N) is 2. The quantitative estimate of drug-likeness (QED) is 0.862. The first-order valence-electron chi connectivity index (χ1n) is 6.30. The molecule has 0 spiro atoms. The molecule has 0 radical (unpaired) electrons. The van der Waals surface area contributed by atoms with Gasteiger partial charge in [-0.05, 0) is 24.6 Å². The van der Waals surface area contributed by atoms with E-state index in [0.717, 1.165) is 34.1 Å². The minimum Gasteiger partial charge on any atom is -0.383 e. The van der Waals surface area contributed by atoms with Gasteiger partial charge >= 0.3 is 0 Å².